The van der Waals surface area contributed by atoms with Crippen LogP contribution in [-0.2, 0) is 0 Å². The zero-order valence-electron chi connectivity index (χ0n) is 9.47. The summed E-state index contributed by atoms with van der Waals surface area (Å²) in [5.74, 6) is 0.121. The average Bonchev–Trinajstić information content (AvgIpc) is 2.78. The van der Waals surface area contributed by atoms with Crippen molar-refractivity contribution >= 4 is 11.3 Å². The van der Waals surface area contributed by atoms with Gasteiger partial charge >= 0.3 is 0 Å². The number of hydrogen-bond acceptors (Lipinski definition) is 3. The second-order valence-electron chi connectivity index (χ2n) is 4.03. The highest BCUT2D eigenvalue weighted by molar-refractivity contribution is 7.13. The van der Waals surface area contributed by atoms with Crippen molar-refractivity contribution in [3.8, 4) is 10.6 Å². The predicted molar refractivity (Wildman–Crippen MR) is 67.8 cm³/mol. The molecule has 1 unspecified atom stereocenters. The van der Waals surface area contributed by atoms with Crippen LogP contribution in [0.25, 0.3) is 10.6 Å². The SMILES string of the molecule is Cc1ccc(-c2nc(C(C)CO)cs2)cc1. The molecule has 2 rings (SSSR count). The fourth-order valence-corrected chi connectivity index (χ4v) is 2.38. The maximum atomic E-state index is 9.07. The van der Waals surface area contributed by atoms with Crippen LogP contribution in [0.1, 0.15) is 24.1 Å². The Kier molecular flexibility index (Phi) is 3.36. The zero-order chi connectivity index (χ0) is 11.5. The van der Waals surface area contributed by atoms with Gasteiger partial charge in [0, 0.05) is 16.9 Å². The molecule has 1 aromatic heterocycles. The van der Waals surface area contributed by atoms with Crippen LogP contribution in [0.2, 0.25) is 0 Å². The molecular weight excluding hydrogens is 218 g/mol. The minimum atomic E-state index is 0.121. The molecule has 0 amide bonds. The Labute approximate surface area is 99.6 Å². The van der Waals surface area contributed by atoms with Crippen molar-refractivity contribution in [3.05, 3.63) is 40.9 Å². The highest BCUT2D eigenvalue weighted by Crippen LogP contribution is 2.26. The number of thiazole rings is 1. The Balaban J connectivity index is 2.28. The van der Waals surface area contributed by atoms with Crippen LogP contribution >= 0.6 is 11.3 Å². The van der Waals surface area contributed by atoms with Crippen LogP contribution in [0.5, 0.6) is 0 Å². The van der Waals surface area contributed by atoms with Gasteiger partial charge in [-0.25, -0.2) is 4.98 Å². The van der Waals surface area contributed by atoms with Crippen LogP contribution in [0.4, 0.5) is 0 Å². The monoisotopic (exact) mass is 233 g/mol. The van der Waals surface area contributed by atoms with Crippen LogP contribution in [-0.4, -0.2) is 16.7 Å². The first-order valence-corrected chi connectivity index (χ1v) is 6.22. The number of nitrogens with zero attached hydrogens (tertiary/aromatic N) is 1. The van der Waals surface area contributed by atoms with Crippen molar-refractivity contribution in [1.82, 2.24) is 4.98 Å². The minimum absolute atomic E-state index is 0.121. The van der Waals surface area contributed by atoms with E-state index < -0.39 is 0 Å². The summed E-state index contributed by atoms with van der Waals surface area (Å²) < 4.78 is 0. The lowest BCUT2D eigenvalue weighted by molar-refractivity contribution is 0.271. The molecule has 0 aliphatic heterocycles. The third-order valence-corrected chi connectivity index (χ3v) is 3.51. The molecule has 0 bridgehead atoms. The molecule has 0 fully saturated rings. The zero-order valence-corrected chi connectivity index (χ0v) is 10.3. The minimum Gasteiger partial charge on any atom is -0.396 e. The first kappa shape index (κ1) is 11.3. The van der Waals surface area contributed by atoms with Crippen molar-refractivity contribution in [2.75, 3.05) is 6.61 Å². The van der Waals surface area contributed by atoms with E-state index in [0.717, 1.165) is 16.3 Å². The topological polar surface area (TPSA) is 33.1 Å². The Morgan fingerprint density at radius 2 is 2.00 bits per heavy atom. The smallest absolute Gasteiger partial charge is 0.123 e. The normalized spacial score (nSPS) is 12.7. The van der Waals surface area contributed by atoms with Gasteiger partial charge < -0.3 is 5.11 Å². The summed E-state index contributed by atoms with van der Waals surface area (Å²) in [6, 6.07) is 8.35. The highest BCUT2D eigenvalue weighted by Gasteiger charge is 2.09. The molecule has 1 N–H and O–H groups in total. The van der Waals surface area contributed by atoms with Gasteiger partial charge in [0.05, 0.1) is 12.3 Å². The Bertz CT molecular complexity index is 461. The van der Waals surface area contributed by atoms with Crippen molar-refractivity contribution in [2.45, 2.75) is 19.8 Å². The molecule has 0 saturated heterocycles. The van der Waals surface area contributed by atoms with Crippen LogP contribution in [0.15, 0.2) is 29.6 Å². The van der Waals surface area contributed by atoms with E-state index in [9.17, 15) is 0 Å². The van der Waals surface area contributed by atoms with E-state index in [-0.39, 0.29) is 12.5 Å². The summed E-state index contributed by atoms with van der Waals surface area (Å²) in [5, 5.41) is 12.1. The lowest BCUT2D eigenvalue weighted by Crippen LogP contribution is -1.98. The molecule has 1 atom stereocenters. The molecule has 1 aromatic carbocycles. The summed E-state index contributed by atoms with van der Waals surface area (Å²) in [5.41, 5.74) is 3.37. The summed E-state index contributed by atoms with van der Waals surface area (Å²) in [7, 11) is 0. The van der Waals surface area contributed by atoms with E-state index in [0.29, 0.717) is 0 Å². The predicted octanol–water partition coefficient (Wildman–Crippen LogP) is 3.21. The number of rotatable bonds is 3. The Morgan fingerprint density at radius 1 is 1.31 bits per heavy atom. The van der Waals surface area contributed by atoms with Crippen LogP contribution in [0, 0.1) is 6.92 Å². The summed E-state index contributed by atoms with van der Waals surface area (Å²) in [6.07, 6.45) is 0. The number of aliphatic hydroxyl groups is 1. The maximum Gasteiger partial charge on any atom is 0.123 e. The number of benzene rings is 1. The highest BCUT2D eigenvalue weighted by atomic mass is 32.1. The summed E-state index contributed by atoms with van der Waals surface area (Å²) in [6.45, 7) is 4.20. The molecule has 0 saturated carbocycles. The molecular formula is C13H15NOS. The van der Waals surface area contributed by atoms with Gasteiger partial charge in [-0.15, -0.1) is 11.3 Å². The molecule has 0 radical (unpaired) electrons. The van der Waals surface area contributed by atoms with E-state index >= 15 is 0 Å². The van der Waals surface area contributed by atoms with Gasteiger partial charge in [-0.2, -0.15) is 0 Å². The van der Waals surface area contributed by atoms with E-state index in [1.165, 1.54) is 5.56 Å². The molecule has 0 aliphatic carbocycles. The van der Waals surface area contributed by atoms with Crippen molar-refractivity contribution in [2.24, 2.45) is 0 Å². The van der Waals surface area contributed by atoms with Gasteiger partial charge in [0.1, 0.15) is 5.01 Å². The van der Waals surface area contributed by atoms with E-state index in [2.05, 4.69) is 36.2 Å². The Morgan fingerprint density at radius 3 is 2.62 bits per heavy atom. The first-order chi connectivity index (χ1) is 7.70. The van der Waals surface area contributed by atoms with Crippen molar-refractivity contribution in [1.29, 1.82) is 0 Å². The molecule has 16 heavy (non-hydrogen) atoms. The van der Waals surface area contributed by atoms with E-state index in [1.54, 1.807) is 11.3 Å². The van der Waals surface area contributed by atoms with Gasteiger partial charge in [-0.3, -0.25) is 0 Å². The quantitative estimate of drug-likeness (QED) is 0.883. The fourth-order valence-electron chi connectivity index (χ4n) is 1.43. The van der Waals surface area contributed by atoms with Gasteiger partial charge in [0.25, 0.3) is 0 Å². The van der Waals surface area contributed by atoms with Crippen LogP contribution in [0.3, 0.4) is 0 Å². The largest absolute Gasteiger partial charge is 0.396 e. The molecule has 0 spiro atoms. The maximum absolute atomic E-state index is 9.07. The second kappa shape index (κ2) is 4.76. The molecule has 2 nitrogen and oxygen atoms in total. The number of aromatic nitrogens is 1. The number of aryl methyl sites for hydroxylation is 1. The van der Waals surface area contributed by atoms with Gasteiger partial charge in [0.2, 0.25) is 0 Å². The molecule has 3 heteroatoms. The lowest BCUT2D eigenvalue weighted by Gasteiger charge is -2.02. The average molecular weight is 233 g/mol. The molecule has 2 aromatic rings. The van der Waals surface area contributed by atoms with Gasteiger partial charge in [-0.1, -0.05) is 36.8 Å². The van der Waals surface area contributed by atoms with Crippen molar-refractivity contribution < 1.29 is 5.11 Å². The third kappa shape index (κ3) is 2.31. The van der Waals surface area contributed by atoms with Gasteiger partial charge in [-0.05, 0) is 6.92 Å². The first-order valence-electron chi connectivity index (χ1n) is 5.34. The number of aliphatic hydroxyl groups excluding tert-OH is 1. The number of hydrogen-bond donors (Lipinski definition) is 1. The summed E-state index contributed by atoms with van der Waals surface area (Å²) in [4.78, 5) is 4.54. The second-order valence-corrected chi connectivity index (χ2v) is 4.89. The molecule has 84 valence electrons. The molecule has 0 aliphatic rings. The van der Waals surface area contributed by atoms with Gasteiger partial charge in [0.15, 0.2) is 0 Å². The fraction of sp³-hybridized carbons (Fsp3) is 0.308. The molecule has 1 heterocycles. The summed E-state index contributed by atoms with van der Waals surface area (Å²) >= 11 is 1.63. The van der Waals surface area contributed by atoms with Crippen molar-refractivity contribution in [3.63, 3.8) is 0 Å². The van der Waals surface area contributed by atoms with E-state index in [4.69, 9.17) is 5.11 Å². The lowest BCUT2D eigenvalue weighted by atomic mass is 10.1. The van der Waals surface area contributed by atoms with Crippen LogP contribution < -0.4 is 0 Å². The standard InChI is InChI=1S/C13H15NOS/c1-9-3-5-11(6-4-9)13-14-12(8-16-13)10(2)7-15/h3-6,8,10,15H,7H2,1-2H3. The third-order valence-electron chi connectivity index (χ3n) is 2.60. The van der Waals surface area contributed by atoms with E-state index in [1.807, 2.05) is 12.3 Å². The Hall–Kier alpha value is -1.19.